The molecule has 3 rings (SSSR count). The summed E-state index contributed by atoms with van der Waals surface area (Å²) in [4.78, 5) is 21.2. The van der Waals surface area contributed by atoms with Crippen LogP contribution >= 0.6 is 11.6 Å². The predicted octanol–water partition coefficient (Wildman–Crippen LogP) is 3.37. The van der Waals surface area contributed by atoms with Gasteiger partial charge in [-0.25, -0.2) is 4.98 Å². The van der Waals surface area contributed by atoms with Gasteiger partial charge in [0.25, 0.3) is 0 Å². The molecule has 0 fully saturated rings. The van der Waals surface area contributed by atoms with E-state index in [2.05, 4.69) is 21.5 Å². The first-order valence-electron chi connectivity index (χ1n) is 7.10. The normalized spacial score (nSPS) is 13.7. The van der Waals surface area contributed by atoms with Gasteiger partial charge in [0.15, 0.2) is 0 Å². The van der Waals surface area contributed by atoms with Crippen LogP contribution in [0, 0.1) is 0 Å². The van der Waals surface area contributed by atoms with Gasteiger partial charge in [0, 0.05) is 18.3 Å². The van der Waals surface area contributed by atoms with Crippen molar-refractivity contribution in [2.45, 2.75) is 26.3 Å². The zero-order valence-electron chi connectivity index (χ0n) is 11.8. The molecule has 1 aliphatic heterocycles. The van der Waals surface area contributed by atoms with Gasteiger partial charge >= 0.3 is 0 Å². The minimum atomic E-state index is -0.0248. The summed E-state index contributed by atoms with van der Waals surface area (Å²) in [6.07, 6.45) is 3.52. The molecule has 0 saturated heterocycles. The van der Waals surface area contributed by atoms with Crippen molar-refractivity contribution in [2.75, 3.05) is 6.54 Å². The zero-order chi connectivity index (χ0) is 14.8. The third kappa shape index (κ3) is 2.63. The van der Waals surface area contributed by atoms with Crippen molar-refractivity contribution in [2.24, 2.45) is 4.99 Å². The van der Waals surface area contributed by atoms with E-state index in [1.165, 1.54) is 6.20 Å². The molecule has 108 valence electrons. The van der Waals surface area contributed by atoms with Crippen LogP contribution in [0.25, 0.3) is 0 Å². The molecule has 0 saturated carbocycles. The number of rotatable bonds is 4. The van der Waals surface area contributed by atoms with Crippen LogP contribution in [0.1, 0.15) is 41.5 Å². The lowest BCUT2D eigenvalue weighted by Crippen LogP contribution is -2.21. The first-order valence-corrected chi connectivity index (χ1v) is 7.48. The van der Waals surface area contributed by atoms with Crippen LogP contribution in [0.5, 0.6) is 0 Å². The maximum Gasteiger partial charge on any atom is 0.210 e. The van der Waals surface area contributed by atoms with E-state index in [-0.39, 0.29) is 5.78 Å². The topological polar surface area (TPSA) is 47.2 Å². The third-order valence-corrected chi connectivity index (χ3v) is 3.84. The van der Waals surface area contributed by atoms with E-state index >= 15 is 0 Å². The number of hydrogen-bond acceptors (Lipinski definition) is 3. The summed E-state index contributed by atoms with van der Waals surface area (Å²) < 4.78 is 2.06. The molecule has 21 heavy (non-hydrogen) atoms. The van der Waals surface area contributed by atoms with E-state index in [4.69, 9.17) is 11.6 Å². The Morgan fingerprint density at radius 3 is 2.90 bits per heavy atom. The summed E-state index contributed by atoms with van der Waals surface area (Å²) in [5, 5.41) is 0.390. The average molecular weight is 302 g/mol. The Morgan fingerprint density at radius 1 is 1.33 bits per heavy atom. The van der Waals surface area contributed by atoms with Crippen molar-refractivity contribution >= 4 is 23.1 Å². The third-order valence-electron chi connectivity index (χ3n) is 3.61. The molecular formula is C16H16ClN3O. The van der Waals surface area contributed by atoms with Gasteiger partial charge in [-0.15, -0.1) is 0 Å². The van der Waals surface area contributed by atoms with Crippen molar-refractivity contribution in [3.8, 4) is 0 Å². The number of pyridine rings is 1. The molecular weight excluding hydrogens is 286 g/mol. The Bertz CT molecular complexity index is 701. The van der Waals surface area contributed by atoms with Crippen molar-refractivity contribution in [3.63, 3.8) is 0 Å². The van der Waals surface area contributed by atoms with E-state index in [9.17, 15) is 4.79 Å². The highest BCUT2D eigenvalue weighted by Crippen LogP contribution is 2.20. The number of carbonyl (C=O) groups is 1. The smallest absolute Gasteiger partial charge is 0.210 e. The first kappa shape index (κ1) is 14.0. The minimum Gasteiger partial charge on any atom is -0.335 e. The number of halogens is 1. The van der Waals surface area contributed by atoms with Crippen molar-refractivity contribution < 1.29 is 4.79 Å². The number of aromatic nitrogens is 2. The Balaban J connectivity index is 1.96. The van der Waals surface area contributed by atoms with Crippen LogP contribution in [0.4, 0.5) is 0 Å². The quantitative estimate of drug-likeness (QED) is 0.642. The largest absolute Gasteiger partial charge is 0.335 e. The minimum absolute atomic E-state index is 0.0248. The molecule has 0 N–H and O–H groups in total. The molecule has 1 aliphatic rings. The van der Waals surface area contributed by atoms with Crippen LogP contribution in [0.15, 0.2) is 35.5 Å². The molecule has 0 aliphatic carbocycles. The zero-order valence-corrected chi connectivity index (χ0v) is 12.6. The fraction of sp³-hybridized carbons (Fsp3) is 0.312. The van der Waals surface area contributed by atoms with Gasteiger partial charge in [0.1, 0.15) is 5.15 Å². The number of hydrogen-bond donors (Lipinski definition) is 0. The standard InChI is InChI=1S/C16H16ClN3O/c1-2-3-12-13-5-6-14(20(13)9-8-18-12)16(21)11-4-7-15(17)19-10-11/h4-7,10H,2-3,8-9H2,1H3. The van der Waals surface area contributed by atoms with Gasteiger partial charge in [0.05, 0.1) is 23.6 Å². The summed E-state index contributed by atoms with van der Waals surface area (Å²) in [7, 11) is 0. The fourth-order valence-corrected chi connectivity index (χ4v) is 2.74. The van der Waals surface area contributed by atoms with Crippen molar-refractivity contribution in [1.29, 1.82) is 0 Å². The van der Waals surface area contributed by atoms with Crippen molar-refractivity contribution in [3.05, 3.63) is 52.6 Å². The molecule has 0 radical (unpaired) electrons. The Labute approximate surface area is 128 Å². The molecule has 0 atom stereocenters. The van der Waals surface area contributed by atoms with Crippen LogP contribution in [0.2, 0.25) is 5.15 Å². The number of carbonyl (C=O) groups excluding carboxylic acids is 1. The van der Waals surface area contributed by atoms with Crippen molar-refractivity contribution in [1.82, 2.24) is 9.55 Å². The lowest BCUT2D eigenvalue weighted by atomic mass is 10.1. The molecule has 2 aromatic rings. The molecule has 0 unspecified atom stereocenters. The molecule has 0 aromatic carbocycles. The Morgan fingerprint density at radius 2 is 2.19 bits per heavy atom. The monoisotopic (exact) mass is 301 g/mol. The van der Waals surface area contributed by atoms with Crippen LogP contribution in [0.3, 0.4) is 0 Å². The Hall–Kier alpha value is -1.94. The van der Waals surface area contributed by atoms with Gasteiger partial charge in [-0.2, -0.15) is 0 Å². The maximum atomic E-state index is 12.6. The summed E-state index contributed by atoms with van der Waals surface area (Å²) in [5.41, 5.74) is 3.41. The number of fused-ring (bicyclic) bond motifs is 1. The molecule has 0 bridgehead atoms. The number of nitrogens with zero attached hydrogens (tertiary/aromatic N) is 3. The second-order valence-corrected chi connectivity index (χ2v) is 5.42. The fourth-order valence-electron chi connectivity index (χ4n) is 2.63. The lowest BCUT2D eigenvalue weighted by molar-refractivity contribution is 0.103. The summed E-state index contributed by atoms with van der Waals surface area (Å²) >= 11 is 5.77. The molecule has 2 aromatic heterocycles. The maximum absolute atomic E-state index is 12.6. The van der Waals surface area contributed by atoms with Gasteiger partial charge in [-0.05, 0) is 30.7 Å². The molecule has 0 amide bonds. The summed E-state index contributed by atoms with van der Waals surface area (Å²) in [5.74, 6) is -0.0248. The van der Waals surface area contributed by atoms with Crippen LogP contribution in [-0.4, -0.2) is 27.6 Å². The van der Waals surface area contributed by atoms with Gasteiger partial charge in [-0.3, -0.25) is 9.79 Å². The van der Waals surface area contributed by atoms with Gasteiger partial charge in [0.2, 0.25) is 5.78 Å². The summed E-state index contributed by atoms with van der Waals surface area (Å²) in [6, 6.07) is 7.22. The SMILES string of the molecule is CCCC1=NCCn2c(C(=O)c3ccc(Cl)nc3)ccc21. The van der Waals surface area contributed by atoms with Crippen LogP contribution < -0.4 is 0 Å². The highest BCUT2D eigenvalue weighted by atomic mass is 35.5. The second kappa shape index (κ2) is 5.82. The van der Waals surface area contributed by atoms with E-state index < -0.39 is 0 Å². The molecule has 4 nitrogen and oxygen atoms in total. The van der Waals surface area contributed by atoms with E-state index in [1.54, 1.807) is 12.1 Å². The molecule has 5 heteroatoms. The lowest BCUT2D eigenvalue weighted by Gasteiger charge is -2.18. The highest BCUT2D eigenvalue weighted by Gasteiger charge is 2.21. The Kier molecular flexibility index (Phi) is 3.88. The average Bonchev–Trinajstić information content (AvgIpc) is 2.93. The molecule has 0 spiro atoms. The summed E-state index contributed by atoms with van der Waals surface area (Å²) in [6.45, 7) is 3.61. The number of ketones is 1. The van der Waals surface area contributed by atoms with Gasteiger partial charge in [-0.1, -0.05) is 24.9 Å². The number of aliphatic imine (C=N–C) groups is 1. The van der Waals surface area contributed by atoms with Gasteiger partial charge < -0.3 is 4.57 Å². The second-order valence-electron chi connectivity index (χ2n) is 5.03. The predicted molar refractivity (Wildman–Crippen MR) is 83.4 cm³/mol. The van der Waals surface area contributed by atoms with E-state index in [0.717, 1.165) is 37.3 Å². The highest BCUT2D eigenvalue weighted by molar-refractivity contribution is 6.29. The van der Waals surface area contributed by atoms with E-state index in [0.29, 0.717) is 16.4 Å². The van der Waals surface area contributed by atoms with Crippen LogP contribution in [-0.2, 0) is 6.54 Å². The first-order chi connectivity index (χ1) is 10.2. The molecule has 3 heterocycles. The van der Waals surface area contributed by atoms with E-state index in [1.807, 2.05) is 12.1 Å².